The fraction of sp³-hybridized carbons (Fsp3) is 0.756. The third kappa shape index (κ3) is 43.7. The standard InChI is InChI=1S/C15H22O.C13H20.C12H24N2O.C12H23NO.C12H19NO.C11H23NO.7CH4/c1-11(2)14-7-5-6-13(10-14)8-9-15(16)12(3)4;1-10(2)9-12-5-7-13(8-6-12)11(3)4;1-9(2)11-5-7-14(8-6-11)12(15)13-10(3)4;2*1-9(2)7-11-5-6-13(10(3)4)12(14)8-11;1-9(2)12-7-5-11(6-8-12)13-10(3)4;;;;;;;/h5-7,10-12H,8-9H2,1-4H3;5-8,10-11H,9H2,1-4H3;9-11H,5-8H2,1-4H3,(H,13,15);9-11H,5-8H2,1-4H3;5-6,8-10H,7H2,1-4H3;9-11H,5-8H2,1-4H3;7*1H4. The van der Waals surface area contributed by atoms with E-state index >= 15 is 0 Å². The first-order chi connectivity index (χ1) is 39.7. The van der Waals surface area contributed by atoms with Crippen molar-refractivity contribution in [3.63, 3.8) is 0 Å². The number of likely N-dealkylation sites (tertiary alicyclic amines) is 3. The van der Waals surface area contributed by atoms with Crippen molar-refractivity contribution in [1.82, 2.24) is 24.6 Å². The average molecular weight is 1300 g/mol. The predicted octanol–water partition coefficient (Wildman–Crippen LogP) is 22.5. The van der Waals surface area contributed by atoms with E-state index < -0.39 is 0 Å². The van der Waals surface area contributed by atoms with E-state index in [1.807, 2.05) is 63.6 Å². The van der Waals surface area contributed by atoms with Gasteiger partial charge in [-0.2, -0.15) is 0 Å². The number of rotatable bonds is 19. The van der Waals surface area contributed by atoms with Gasteiger partial charge in [0, 0.05) is 87.9 Å². The Kier molecular flexibility index (Phi) is 59.3. The summed E-state index contributed by atoms with van der Waals surface area (Å²) in [5.41, 5.74) is 6.78. The van der Waals surface area contributed by atoms with Gasteiger partial charge in [0.15, 0.2) is 0 Å². The van der Waals surface area contributed by atoms with Crippen LogP contribution in [0.1, 0.15) is 315 Å². The zero-order valence-electron chi connectivity index (χ0n) is 59.2. The maximum atomic E-state index is 11.8. The molecule has 0 aliphatic carbocycles. The number of aryl methyl sites for hydroxylation is 1. The molecule has 3 aliphatic heterocycles. The van der Waals surface area contributed by atoms with Crippen LogP contribution in [-0.4, -0.2) is 100 Å². The molecule has 3 aliphatic rings. The number of benzene rings is 2. The topological polar surface area (TPSA) is 104 Å². The van der Waals surface area contributed by atoms with E-state index in [2.05, 4.69) is 183 Å². The molecule has 2 aromatic carbocycles. The number of carbonyl (C=O) groups is 3. The number of hydrogen-bond donors (Lipinski definition) is 1. The Bertz CT molecular complexity index is 2310. The number of ketones is 1. The minimum absolute atomic E-state index is 0. The third-order valence-corrected chi connectivity index (χ3v) is 16.3. The van der Waals surface area contributed by atoms with Gasteiger partial charge in [-0.3, -0.25) is 14.4 Å². The van der Waals surface area contributed by atoms with Gasteiger partial charge in [0.05, 0.1) is 12.2 Å². The van der Waals surface area contributed by atoms with Crippen molar-refractivity contribution in [3.8, 4) is 0 Å². The van der Waals surface area contributed by atoms with Crippen LogP contribution in [0.15, 0.2) is 71.7 Å². The Morgan fingerprint density at radius 2 is 1.05 bits per heavy atom. The van der Waals surface area contributed by atoms with Crippen LogP contribution in [0, 0.1) is 41.4 Å². The molecule has 0 spiro atoms. The zero-order valence-corrected chi connectivity index (χ0v) is 59.2. The van der Waals surface area contributed by atoms with E-state index in [1.54, 1.807) is 10.6 Å². The lowest BCUT2D eigenvalue weighted by atomic mass is 9.87. The van der Waals surface area contributed by atoms with Crippen molar-refractivity contribution in [2.75, 3.05) is 32.7 Å². The number of piperidine rings is 3. The van der Waals surface area contributed by atoms with E-state index in [0.29, 0.717) is 66.1 Å². The number of pyridine rings is 1. The third-order valence-electron chi connectivity index (χ3n) is 16.3. The van der Waals surface area contributed by atoms with Crippen molar-refractivity contribution >= 4 is 17.7 Å². The summed E-state index contributed by atoms with van der Waals surface area (Å²) < 4.78 is 7.55. The van der Waals surface area contributed by atoms with Crippen LogP contribution in [0.3, 0.4) is 0 Å². The van der Waals surface area contributed by atoms with Crippen LogP contribution in [0.4, 0.5) is 4.79 Å². The average Bonchev–Trinajstić information content (AvgIpc) is 1.12. The first-order valence-electron chi connectivity index (χ1n) is 33.9. The molecule has 3 fully saturated rings. The van der Waals surface area contributed by atoms with Crippen molar-refractivity contribution in [2.24, 2.45) is 41.4 Å². The summed E-state index contributed by atoms with van der Waals surface area (Å²) in [6, 6.07) is 23.0. The van der Waals surface area contributed by atoms with Gasteiger partial charge in [0.1, 0.15) is 5.78 Å². The number of nitrogens with one attached hydrogen (secondary N) is 1. The minimum Gasteiger partial charge on any atom is -0.375 e. The molecule has 6 rings (SSSR count). The molecule has 3 aromatic rings. The van der Waals surface area contributed by atoms with Crippen LogP contribution >= 0.6 is 0 Å². The molecule has 1 atom stereocenters. The van der Waals surface area contributed by atoms with Gasteiger partial charge in [-0.1, -0.05) is 197 Å². The Labute approximate surface area is 574 Å². The fourth-order valence-corrected chi connectivity index (χ4v) is 11.1. The number of Topliss-reactive ketones (excluding diaryl/α,β-unsaturated/α-hetero) is 1. The van der Waals surface area contributed by atoms with Gasteiger partial charge in [-0.05, 0) is 208 Å². The molecule has 4 heterocycles. The number of urea groups is 1. The van der Waals surface area contributed by atoms with E-state index in [1.165, 1.54) is 67.4 Å². The summed E-state index contributed by atoms with van der Waals surface area (Å²) in [4.78, 5) is 53.1. The van der Waals surface area contributed by atoms with Crippen molar-refractivity contribution < 1.29 is 19.1 Å². The Hall–Kier alpha value is -4.28. The lowest BCUT2D eigenvalue weighted by Crippen LogP contribution is -2.47. The molecule has 1 N–H and O–H groups in total. The van der Waals surface area contributed by atoms with Gasteiger partial charge in [-0.25, -0.2) is 4.79 Å². The first kappa shape index (κ1) is 101. The highest BCUT2D eigenvalue weighted by molar-refractivity contribution is 5.80. The number of aromatic nitrogens is 1. The molecule has 1 aromatic heterocycles. The summed E-state index contributed by atoms with van der Waals surface area (Å²) in [6.07, 6.45) is 14.4. The Balaban J connectivity index is -0.000000186. The van der Waals surface area contributed by atoms with Gasteiger partial charge in [-0.15, -0.1) is 0 Å². The molecule has 0 radical (unpaired) electrons. The lowest BCUT2D eigenvalue weighted by molar-refractivity contribution is -0.137. The summed E-state index contributed by atoms with van der Waals surface area (Å²) in [5.74, 6) is 6.34. The lowest BCUT2D eigenvalue weighted by Gasteiger charge is -2.35. The molecule has 0 bridgehead atoms. The SMILES string of the molecule is C.C.C.C.C.C.C.CC(C)C(=O)CCc1cccc(C(C)C)c1.CC(C)CC1CCN(C(C)C)C(=O)C1.CC(C)Cc1ccc(C(C)C)cc1.CC(C)Cc1ccn(C(C)C)c(=O)c1.CC(C)NC(=O)N1CCC(C(C)C)CC1.CC(C)OC1CCN(C(C)C)CC1. The van der Waals surface area contributed by atoms with Gasteiger partial charge in [0.25, 0.3) is 5.56 Å². The van der Waals surface area contributed by atoms with Crippen LogP contribution in [0.25, 0.3) is 0 Å². The highest BCUT2D eigenvalue weighted by Crippen LogP contribution is 2.27. The van der Waals surface area contributed by atoms with E-state index in [4.69, 9.17) is 4.74 Å². The molecule has 3 saturated heterocycles. The molecular weight excluding hydrogens is 1130 g/mol. The van der Waals surface area contributed by atoms with E-state index in [-0.39, 0.29) is 81.6 Å². The molecule has 10 nitrogen and oxygen atoms in total. The smallest absolute Gasteiger partial charge is 0.317 e. The predicted molar refractivity (Wildman–Crippen MR) is 412 cm³/mol. The first-order valence-corrected chi connectivity index (χ1v) is 33.9. The Morgan fingerprint density at radius 3 is 1.46 bits per heavy atom. The number of hydrogen-bond acceptors (Lipinski definition) is 6. The molecule has 10 heteroatoms. The highest BCUT2D eigenvalue weighted by atomic mass is 16.5. The Morgan fingerprint density at radius 1 is 0.533 bits per heavy atom. The molecule has 1 unspecified atom stereocenters. The second-order valence-electron chi connectivity index (χ2n) is 28.8. The summed E-state index contributed by atoms with van der Waals surface area (Å²) >= 11 is 0. The zero-order chi connectivity index (χ0) is 64.7. The number of carbonyl (C=O) groups excluding carboxylic acids is 3. The highest BCUT2D eigenvalue weighted by Gasteiger charge is 2.28. The van der Waals surface area contributed by atoms with Crippen molar-refractivity contribution in [1.29, 1.82) is 0 Å². The molecule has 0 saturated carbocycles. The molecular formula is C82H159N5O5. The van der Waals surface area contributed by atoms with Crippen molar-refractivity contribution in [3.05, 3.63) is 105 Å². The van der Waals surface area contributed by atoms with Gasteiger partial charge < -0.3 is 29.3 Å². The quantitative estimate of drug-likeness (QED) is 0.128. The largest absolute Gasteiger partial charge is 0.375 e. The fourth-order valence-electron chi connectivity index (χ4n) is 11.1. The molecule has 3 amide bonds. The van der Waals surface area contributed by atoms with E-state index in [9.17, 15) is 19.2 Å². The van der Waals surface area contributed by atoms with Crippen LogP contribution < -0.4 is 10.9 Å². The summed E-state index contributed by atoms with van der Waals surface area (Å²) in [5, 5.41) is 2.94. The maximum absolute atomic E-state index is 11.8. The maximum Gasteiger partial charge on any atom is 0.317 e. The summed E-state index contributed by atoms with van der Waals surface area (Å²) in [6.45, 7) is 56.9. The second kappa shape index (κ2) is 53.9. The normalized spacial score (nSPS) is 15.0. The molecule has 92 heavy (non-hydrogen) atoms. The monoisotopic (exact) mass is 1290 g/mol. The number of amides is 3. The second-order valence-corrected chi connectivity index (χ2v) is 28.8. The minimum atomic E-state index is 0. The van der Waals surface area contributed by atoms with Gasteiger partial charge in [0.2, 0.25) is 5.91 Å². The van der Waals surface area contributed by atoms with Crippen molar-refractivity contribution in [2.45, 2.75) is 337 Å². The molecule has 542 valence electrons. The van der Waals surface area contributed by atoms with Crippen LogP contribution in [0.2, 0.25) is 0 Å². The van der Waals surface area contributed by atoms with Gasteiger partial charge >= 0.3 is 6.03 Å². The summed E-state index contributed by atoms with van der Waals surface area (Å²) in [7, 11) is 0. The van der Waals surface area contributed by atoms with E-state index in [0.717, 1.165) is 81.0 Å². The number of nitrogens with zero attached hydrogens (tertiary/aromatic N) is 4. The van der Waals surface area contributed by atoms with Crippen LogP contribution in [0.5, 0.6) is 0 Å². The van der Waals surface area contributed by atoms with Crippen LogP contribution in [-0.2, 0) is 33.6 Å². The number of ether oxygens (including phenoxy) is 1.